The van der Waals surface area contributed by atoms with Crippen LogP contribution in [0.5, 0.6) is 0 Å². The van der Waals surface area contributed by atoms with Crippen molar-refractivity contribution in [3.63, 3.8) is 0 Å². The minimum Gasteiger partial charge on any atom is -0.339 e. The third-order valence-electron chi connectivity index (χ3n) is 6.21. The summed E-state index contributed by atoms with van der Waals surface area (Å²) in [7, 11) is -2.76. The molecule has 0 radical (unpaired) electrons. The molecule has 0 saturated carbocycles. The van der Waals surface area contributed by atoms with E-state index in [-0.39, 0.29) is 0 Å². The van der Waals surface area contributed by atoms with Gasteiger partial charge in [0, 0.05) is 37.6 Å². The molecule has 6 nitrogen and oxygen atoms in total. The van der Waals surface area contributed by atoms with Crippen molar-refractivity contribution in [3.05, 3.63) is 18.0 Å². The second-order valence-corrected chi connectivity index (χ2v) is 10.2. The molecule has 4 rings (SSSR count). The van der Waals surface area contributed by atoms with Gasteiger partial charge in [-0.25, -0.2) is 18.4 Å². The molecule has 138 valence electrons. The second kappa shape index (κ2) is 6.83. The van der Waals surface area contributed by atoms with Gasteiger partial charge in [-0.15, -0.1) is 0 Å². The zero-order chi connectivity index (χ0) is 17.4. The first-order valence-electron chi connectivity index (χ1n) is 9.49. The maximum atomic E-state index is 11.7. The Bertz CT molecular complexity index is 710. The van der Waals surface area contributed by atoms with Crippen LogP contribution in [-0.4, -0.2) is 67.0 Å². The molecule has 2 atom stereocenters. The highest BCUT2D eigenvalue weighted by Gasteiger charge is 2.40. The van der Waals surface area contributed by atoms with Crippen LogP contribution in [0.2, 0.25) is 0 Å². The highest BCUT2D eigenvalue weighted by Crippen LogP contribution is 2.34. The van der Waals surface area contributed by atoms with E-state index >= 15 is 0 Å². The van der Waals surface area contributed by atoms with Crippen molar-refractivity contribution < 1.29 is 8.42 Å². The molecular weight excluding hydrogens is 336 g/mol. The minimum absolute atomic E-state index is 0.378. The summed E-state index contributed by atoms with van der Waals surface area (Å²) in [6.45, 7) is 6.26. The summed E-state index contributed by atoms with van der Waals surface area (Å²) in [5.41, 5.74) is 1.01. The number of likely N-dealkylation sites (tertiary alicyclic amines) is 1. The fourth-order valence-corrected chi connectivity index (χ4v) is 6.27. The average Bonchev–Trinajstić information content (AvgIpc) is 2.99. The van der Waals surface area contributed by atoms with Crippen LogP contribution in [0.4, 0.5) is 5.95 Å². The quantitative estimate of drug-likeness (QED) is 0.810. The van der Waals surface area contributed by atoms with Gasteiger partial charge in [0.15, 0.2) is 0 Å². The molecule has 0 N–H and O–H groups in total. The van der Waals surface area contributed by atoms with E-state index in [1.165, 1.54) is 12.8 Å². The molecule has 1 aromatic rings. The Morgan fingerprint density at radius 1 is 1.16 bits per heavy atom. The molecule has 0 aromatic carbocycles. The van der Waals surface area contributed by atoms with Crippen molar-refractivity contribution >= 4 is 15.8 Å². The van der Waals surface area contributed by atoms with Crippen molar-refractivity contribution in [1.82, 2.24) is 14.9 Å². The molecule has 0 spiro atoms. The van der Waals surface area contributed by atoms with Gasteiger partial charge in [-0.2, -0.15) is 0 Å². The number of sulfone groups is 1. The van der Waals surface area contributed by atoms with Gasteiger partial charge in [0.25, 0.3) is 0 Å². The van der Waals surface area contributed by atoms with Gasteiger partial charge in [-0.3, -0.25) is 4.90 Å². The van der Waals surface area contributed by atoms with Crippen molar-refractivity contribution in [2.24, 2.45) is 11.8 Å². The average molecular weight is 365 g/mol. The van der Waals surface area contributed by atoms with Gasteiger partial charge in [0.2, 0.25) is 5.95 Å². The maximum absolute atomic E-state index is 11.7. The molecule has 0 aliphatic carbocycles. The molecule has 0 amide bonds. The van der Waals surface area contributed by atoms with Crippen molar-refractivity contribution in [3.8, 4) is 0 Å². The number of hydrogen-bond donors (Lipinski definition) is 0. The van der Waals surface area contributed by atoms with Crippen LogP contribution in [0.15, 0.2) is 12.3 Å². The van der Waals surface area contributed by atoms with Crippen LogP contribution in [0.1, 0.15) is 31.4 Å². The molecular formula is C18H28N4O2S. The van der Waals surface area contributed by atoms with Crippen LogP contribution in [0.25, 0.3) is 0 Å². The molecule has 2 unspecified atom stereocenters. The van der Waals surface area contributed by atoms with Gasteiger partial charge < -0.3 is 4.90 Å². The van der Waals surface area contributed by atoms with Crippen molar-refractivity contribution in [2.45, 2.75) is 38.6 Å². The topological polar surface area (TPSA) is 66.4 Å². The Morgan fingerprint density at radius 2 is 1.92 bits per heavy atom. The van der Waals surface area contributed by atoms with E-state index in [0.717, 1.165) is 56.6 Å². The first-order valence-corrected chi connectivity index (χ1v) is 11.3. The fraction of sp³-hybridized carbons (Fsp3) is 0.778. The van der Waals surface area contributed by atoms with E-state index in [4.69, 9.17) is 0 Å². The lowest BCUT2D eigenvalue weighted by atomic mass is 9.92. The Balaban J connectivity index is 1.40. The molecule has 0 bridgehead atoms. The maximum Gasteiger partial charge on any atom is 0.225 e. The third-order valence-corrected chi connectivity index (χ3v) is 7.92. The van der Waals surface area contributed by atoms with Crippen molar-refractivity contribution in [1.29, 1.82) is 0 Å². The van der Waals surface area contributed by atoms with Crippen LogP contribution in [0.3, 0.4) is 0 Å². The van der Waals surface area contributed by atoms with Crippen LogP contribution < -0.4 is 4.90 Å². The van der Waals surface area contributed by atoms with Gasteiger partial charge in [-0.1, -0.05) is 0 Å². The fourth-order valence-electron chi connectivity index (χ4n) is 4.68. The standard InChI is InChI=1S/C18H28N4O2S/c1-14-2-7-19-18(20-14)22-9-4-16-3-8-21(17(16)13-22)12-15-5-10-25(23,24)11-6-15/h2,7,15-17H,3-6,8-13H2,1H3. The van der Waals surface area contributed by atoms with E-state index in [0.29, 0.717) is 23.5 Å². The van der Waals surface area contributed by atoms with Gasteiger partial charge in [0.1, 0.15) is 9.84 Å². The number of hydrogen-bond acceptors (Lipinski definition) is 6. The Kier molecular flexibility index (Phi) is 4.71. The van der Waals surface area contributed by atoms with Crippen LogP contribution in [0, 0.1) is 18.8 Å². The monoisotopic (exact) mass is 364 g/mol. The highest BCUT2D eigenvalue weighted by molar-refractivity contribution is 7.91. The number of rotatable bonds is 3. The highest BCUT2D eigenvalue weighted by atomic mass is 32.2. The number of aromatic nitrogens is 2. The van der Waals surface area contributed by atoms with Gasteiger partial charge >= 0.3 is 0 Å². The Labute approximate surface area is 150 Å². The smallest absolute Gasteiger partial charge is 0.225 e. The summed E-state index contributed by atoms with van der Waals surface area (Å²) < 4.78 is 23.3. The number of anilines is 1. The molecule has 7 heteroatoms. The molecule has 3 saturated heterocycles. The van der Waals surface area contributed by atoms with E-state index < -0.39 is 9.84 Å². The SMILES string of the molecule is Cc1ccnc(N2CCC3CCN(CC4CCS(=O)(=O)CC4)C3C2)n1. The van der Waals surface area contributed by atoms with Crippen LogP contribution in [-0.2, 0) is 9.84 Å². The van der Waals surface area contributed by atoms with Crippen LogP contribution >= 0.6 is 0 Å². The van der Waals surface area contributed by atoms with E-state index in [1.54, 1.807) is 0 Å². The number of piperidine rings is 1. The first-order chi connectivity index (χ1) is 12.0. The molecule has 25 heavy (non-hydrogen) atoms. The molecule has 3 aliphatic heterocycles. The lowest BCUT2D eigenvalue weighted by Crippen LogP contribution is -2.50. The minimum atomic E-state index is -2.76. The molecule has 3 fully saturated rings. The lowest BCUT2D eigenvalue weighted by Gasteiger charge is -2.40. The molecule has 4 heterocycles. The largest absolute Gasteiger partial charge is 0.339 e. The predicted octanol–water partition coefficient (Wildman–Crippen LogP) is 1.51. The Hall–Kier alpha value is -1.21. The lowest BCUT2D eigenvalue weighted by molar-refractivity contribution is 0.175. The van der Waals surface area contributed by atoms with Crippen molar-refractivity contribution in [2.75, 3.05) is 42.6 Å². The first kappa shape index (κ1) is 17.2. The zero-order valence-electron chi connectivity index (χ0n) is 15.0. The summed E-state index contributed by atoms with van der Waals surface area (Å²) in [5, 5.41) is 0. The van der Waals surface area contributed by atoms with Gasteiger partial charge in [-0.05, 0) is 57.1 Å². The normalized spacial score (nSPS) is 30.4. The Morgan fingerprint density at radius 3 is 2.68 bits per heavy atom. The van der Waals surface area contributed by atoms with E-state index in [9.17, 15) is 8.42 Å². The number of aryl methyl sites for hydroxylation is 1. The summed E-state index contributed by atoms with van der Waals surface area (Å²) >= 11 is 0. The number of fused-ring (bicyclic) bond motifs is 1. The summed E-state index contributed by atoms with van der Waals surface area (Å²) in [4.78, 5) is 14.0. The molecule has 1 aromatic heterocycles. The van der Waals surface area contributed by atoms with Gasteiger partial charge in [0.05, 0.1) is 11.5 Å². The zero-order valence-corrected chi connectivity index (χ0v) is 15.8. The second-order valence-electron chi connectivity index (χ2n) is 7.94. The summed E-state index contributed by atoms with van der Waals surface area (Å²) in [5.74, 6) is 2.92. The van der Waals surface area contributed by atoms with E-state index in [1.807, 2.05) is 19.2 Å². The predicted molar refractivity (Wildman–Crippen MR) is 98.4 cm³/mol. The summed E-state index contributed by atoms with van der Waals surface area (Å²) in [6.07, 6.45) is 6.00. The summed E-state index contributed by atoms with van der Waals surface area (Å²) in [6, 6.07) is 2.51. The molecule has 3 aliphatic rings. The van der Waals surface area contributed by atoms with E-state index in [2.05, 4.69) is 19.8 Å². The number of nitrogens with zero attached hydrogens (tertiary/aromatic N) is 4. The third kappa shape index (κ3) is 3.82.